The number of aromatic amines is 1. The lowest BCUT2D eigenvalue weighted by molar-refractivity contribution is 0.539. The first-order chi connectivity index (χ1) is 14.3. The van der Waals surface area contributed by atoms with Gasteiger partial charge in [0.2, 0.25) is 10.0 Å². The van der Waals surface area contributed by atoms with Crippen LogP contribution in [0.1, 0.15) is 32.0 Å². The van der Waals surface area contributed by atoms with Crippen LogP contribution in [0.25, 0.3) is 16.6 Å². The number of para-hydroxylation sites is 2. The first-order valence-corrected chi connectivity index (χ1v) is 11.4. The third kappa shape index (κ3) is 4.04. The number of hydrogen-bond donors (Lipinski definition) is 2. The van der Waals surface area contributed by atoms with Crippen LogP contribution in [0, 0.1) is 0 Å². The average molecular weight is 423 g/mol. The number of aromatic nitrogens is 3. The Labute approximate surface area is 177 Å². The van der Waals surface area contributed by atoms with E-state index in [4.69, 9.17) is 0 Å². The fraction of sp³-hybridized carbons (Fsp3) is 0.261. The normalized spacial score (nSPS) is 12.5. The lowest BCUT2D eigenvalue weighted by Crippen LogP contribution is -2.28. The molecule has 0 fully saturated rings. The van der Waals surface area contributed by atoms with Gasteiger partial charge in [-0.05, 0) is 30.2 Å². The Hall–Kier alpha value is -2.90. The van der Waals surface area contributed by atoms with Crippen molar-refractivity contribution >= 4 is 20.9 Å². The summed E-state index contributed by atoms with van der Waals surface area (Å²) in [7, 11) is -3.71. The molecule has 0 atom stereocenters. The van der Waals surface area contributed by atoms with Crippen molar-refractivity contribution < 1.29 is 8.42 Å². The van der Waals surface area contributed by atoms with E-state index in [1.54, 1.807) is 10.9 Å². The fourth-order valence-electron chi connectivity index (χ4n) is 3.52. The highest BCUT2D eigenvalue weighted by Crippen LogP contribution is 2.28. The molecule has 0 amide bonds. The van der Waals surface area contributed by atoms with E-state index in [9.17, 15) is 8.42 Å². The Morgan fingerprint density at radius 1 is 1.03 bits per heavy atom. The quantitative estimate of drug-likeness (QED) is 0.489. The van der Waals surface area contributed by atoms with Crippen LogP contribution in [-0.4, -0.2) is 29.7 Å². The maximum absolute atomic E-state index is 13.2. The molecule has 0 aliphatic carbocycles. The highest BCUT2D eigenvalue weighted by Gasteiger charge is 2.30. The number of hydrogen-bond acceptors (Lipinski definition) is 3. The van der Waals surface area contributed by atoms with E-state index in [0.717, 1.165) is 22.2 Å². The minimum Gasteiger partial charge on any atom is -0.361 e. The van der Waals surface area contributed by atoms with E-state index in [1.807, 2.05) is 81.6 Å². The summed E-state index contributed by atoms with van der Waals surface area (Å²) in [6.07, 6.45) is 4.14. The number of nitrogens with one attached hydrogen (secondary N) is 2. The Morgan fingerprint density at radius 2 is 1.73 bits per heavy atom. The minimum absolute atomic E-state index is 0.220. The molecule has 7 heteroatoms. The molecular formula is C23H26N4O2S. The van der Waals surface area contributed by atoms with Gasteiger partial charge in [0.25, 0.3) is 0 Å². The highest BCUT2D eigenvalue weighted by atomic mass is 32.2. The van der Waals surface area contributed by atoms with Crippen molar-refractivity contribution in [2.24, 2.45) is 0 Å². The summed E-state index contributed by atoms with van der Waals surface area (Å²) in [6, 6.07) is 17.5. The monoisotopic (exact) mass is 422 g/mol. The average Bonchev–Trinajstić information content (AvgIpc) is 3.34. The van der Waals surface area contributed by atoms with Gasteiger partial charge in [0.15, 0.2) is 0 Å². The molecule has 0 aliphatic rings. The van der Waals surface area contributed by atoms with Gasteiger partial charge in [0.1, 0.15) is 4.90 Å². The van der Waals surface area contributed by atoms with Crippen molar-refractivity contribution in [3.05, 3.63) is 78.2 Å². The molecule has 0 radical (unpaired) electrons. The van der Waals surface area contributed by atoms with Gasteiger partial charge in [-0.3, -0.25) is 0 Å². The summed E-state index contributed by atoms with van der Waals surface area (Å²) in [5.41, 5.74) is 3.09. The maximum Gasteiger partial charge on any atom is 0.244 e. The smallest absolute Gasteiger partial charge is 0.244 e. The summed E-state index contributed by atoms with van der Waals surface area (Å²) in [4.78, 5) is 3.45. The third-order valence-corrected chi connectivity index (χ3v) is 6.52. The number of fused-ring (bicyclic) bond motifs is 1. The predicted octanol–water partition coefficient (Wildman–Crippen LogP) is 4.17. The summed E-state index contributed by atoms with van der Waals surface area (Å²) >= 11 is 0. The predicted molar refractivity (Wildman–Crippen MR) is 119 cm³/mol. The summed E-state index contributed by atoms with van der Waals surface area (Å²) < 4.78 is 30.7. The van der Waals surface area contributed by atoms with Crippen molar-refractivity contribution in [2.75, 3.05) is 6.54 Å². The number of rotatable bonds is 6. The highest BCUT2D eigenvalue weighted by molar-refractivity contribution is 7.89. The second-order valence-electron chi connectivity index (χ2n) is 8.38. The van der Waals surface area contributed by atoms with E-state index >= 15 is 0 Å². The van der Waals surface area contributed by atoms with Crippen LogP contribution >= 0.6 is 0 Å². The lowest BCUT2D eigenvalue weighted by atomic mass is 9.92. The van der Waals surface area contributed by atoms with Crippen molar-refractivity contribution in [3.8, 4) is 5.69 Å². The molecule has 0 spiro atoms. The van der Waals surface area contributed by atoms with Crippen LogP contribution in [-0.2, 0) is 21.9 Å². The first kappa shape index (κ1) is 20.4. The maximum atomic E-state index is 13.2. The topological polar surface area (TPSA) is 79.8 Å². The number of H-pyrrole nitrogens is 1. The van der Waals surface area contributed by atoms with Gasteiger partial charge in [-0.1, -0.05) is 57.2 Å². The molecule has 4 rings (SSSR count). The SMILES string of the molecule is CC(C)(C)c1nn(-c2ccccc2)cc1S(=O)(=O)NCCc1c[nH]c2ccccc12. The second kappa shape index (κ2) is 7.74. The van der Waals surface area contributed by atoms with Gasteiger partial charge in [-0.25, -0.2) is 17.8 Å². The molecule has 4 aromatic rings. The van der Waals surface area contributed by atoms with E-state index < -0.39 is 15.4 Å². The zero-order chi connectivity index (χ0) is 21.4. The molecule has 156 valence electrons. The molecule has 0 saturated heterocycles. The molecule has 0 unspecified atom stereocenters. The Morgan fingerprint density at radius 3 is 2.47 bits per heavy atom. The van der Waals surface area contributed by atoms with Gasteiger partial charge in [0.05, 0.1) is 17.6 Å². The van der Waals surface area contributed by atoms with Gasteiger partial charge in [-0.15, -0.1) is 0 Å². The van der Waals surface area contributed by atoms with Crippen LogP contribution in [0.4, 0.5) is 0 Å². The molecular weight excluding hydrogens is 396 g/mol. The summed E-state index contributed by atoms with van der Waals surface area (Å²) in [5.74, 6) is 0. The molecule has 0 aliphatic heterocycles. The molecule has 6 nitrogen and oxygen atoms in total. The second-order valence-corrected chi connectivity index (χ2v) is 10.1. The molecule has 2 N–H and O–H groups in total. The molecule has 2 heterocycles. The Bertz CT molecular complexity index is 1270. The molecule has 30 heavy (non-hydrogen) atoms. The van der Waals surface area contributed by atoms with Gasteiger partial charge >= 0.3 is 0 Å². The van der Waals surface area contributed by atoms with Crippen LogP contribution < -0.4 is 4.72 Å². The lowest BCUT2D eigenvalue weighted by Gasteiger charge is -2.17. The van der Waals surface area contributed by atoms with Crippen LogP contribution in [0.15, 0.2) is 71.9 Å². The van der Waals surface area contributed by atoms with Crippen LogP contribution in [0.5, 0.6) is 0 Å². The van der Waals surface area contributed by atoms with Crippen molar-refractivity contribution in [3.63, 3.8) is 0 Å². The third-order valence-electron chi connectivity index (χ3n) is 5.06. The zero-order valence-corrected chi connectivity index (χ0v) is 18.2. The van der Waals surface area contributed by atoms with Crippen molar-refractivity contribution in [1.29, 1.82) is 0 Å². The van der Waals surface area contributed by atoms with E-state index in [-0.39, 0.29) is 4.90 Å². The number of benzene rings is 2. The molecule has 0 saturated carbocycles. The first-order valence-electron chi connectivity index (χ1n) is 9.96. The van der Waals surface area contributed by atoms with Crippen LogP contribution in [0.3, 0.4) is 0 Å². The van der Waals surface area contributed by atoms with E-state index in [1.165, 1.54) is 0 Å². The standard InChI is InChI=1S/C23H26N4O2S/c1-23(2,3)22-21(16-27(26-22)18-9-5-4-6-10-18)30(28,29)25-14-13-17-15-24-20-12-8-7-11-19(17)20/h4-12,15-16,24-25H,13-14H2,1-3H3. The number of sulfonamides is 1. The zero-order valence-electron chi connectivity index (χ0n) is 17.4. The van der Waals surface area contributed by atoms with Gasteiger partial charge < -0.3 is 4.98 Å². The van der Waals surface area contributed by atoms with Gasteiger partial charge in [-0.2, -0.15) is 5.10 Å². The van der Waals surface area contributed by atoms with E-state index in [2.05, 4.69) is 14.8 Å². The summed E-state index contributed by atoms with van der Waals surface area (Å²) in [5, 5.41) is 5.72. The largest absolute Gasteiger partial charge is 0.361 e. The molecule has 0 bridgehead atoms. The summed E-state index contributed by atoms with van der Waals surface area (Å²) in [6.45, 7) is 6.21. The molecule has 2 aromatic heterocycles. The van der Waals surface area contributed by atoms with Crippen LogP contribution in [0.2, 0.25) is 0 Å². The Balaban J connectivity index is 1.59. The Kier molecular flexibility index (Phi) is 5.26. The fourth-order valence-corrected chi connectivity index (χ4v) is 4.89. The van der Waals surface area contributed by atoms with E-state index in [0.29, 0.717) is 18.7 Å². The van der Waals surface area contributed by atoms with Crippen molar-refractivity contribution in [1.82, 2.24) is 19.5 Å². The van der Waals surface area contributed by atoms with Gasteiger partial charge in [0, 0.05) is 29.1 Å². The van der Waals surface area contributed by atoms with Crippen molar-refractivity contribution in [2.45, 2.75) is 37.5 Å². The molecule has 2 aromatic carbocycles. The number of nitrogens with zero attached hydrogens (tertiary/aromatic N) is 2. The minimum atomic E-state index is -3.71.